The molecule has 0 saturated heterocycles. The van der Waals surface area contributed by atoms with E-state index in [9.17, 15) is 4.79 Å². The summed E-state index contributed by atoms with van der Waals surface area (Å²) in [6.07, 6.45) is 3.41. The molecule has 0 saturated carbocycles. The summed E-state index contributed by atoms with van der Waals surface area (Å²) >= 11 is 0. The molecule has 0 unspecified atom stereocenters. The SMILES string of the molecule is O=C1CCCCc2cccc(c2)CNc2cc(nnn2)-c2ccc3cccc1c3c2. The maximum atomic E-state index is 13.0. The first-order valence-corrected chi connectivity index (χ1v) is 10.3. The van der Waals surface area contributed by atoms with Crippen LogP contribution in [-0.4, -0.2) is 21.2 Å². The van der Waals surface area contributed by atoms with E-state index in [1.807, 2.05) is 42.5 Å². The molecule has 1 aromatic heterocycles. The van der Waals surface area contributed by atoms with Crippen LogP contribution in [0.2, 0.25) is 0 Å². The van der Waals surface area contributed by atoms with Gasteiger partial charge in [0.15, 0.2) is 11.6 Å². The molecule has 1 N–H and O–H groups in total. The zero-order valence-corrected chi connectivity index (χ0v) is 16.6. The fraction of sp³-hybridized carbons (Fsp3) is 0.200. The molecule has 0 spiro atoms. The molecular weight excluding hydrogens is 372 g/mol. The third-order valence-corrected chi connectivity index (χ3v) is 5.64. The average molecular weight is 394 g/mol. The van der Waals surface area contributed by atoms with Crippen molar-refractivity contribution in [3.8, 4) is 11.3 Å². The van der Waals surface area contributed by atoms with Gasteiger partial charge in [-0.15, -0.1) is 10.2 Å². The van der Waals surface area contributed by atoms with E-state index >= 15 is 0 Å². The molecule has 0 radical (unpaired) electrons. The van der Waals surface area contributed by atoms with E-state index in [2.05, 4.69) is 45.0 Å². The van der Waals surface area contributed by atoms with Gasteiger partial charge < -0.3 is 5.32 Å². The lowest BCUT2D eigenvalue weighted by molar-refractivity contribution is 0.0981. The lowest BCUT2D eigenvalue weighted by Crippen LogP contribution is -2.04. The van der Waals surface area contributed by atoms with Crippen LogP contribution in [0.4, 0.5) is 5.82 Å². The number of carbonyl (C=O) groups excluding carboxylic acids is 1. The third-order valence-electron chi connectivity index (χ3n) is 5.64. The van der Waals surface area contributed by atoms with Crippen LogP contribution in [0, 0.1) is 0 Å². The highest BCUT2D eigenvalue weighted by Gasteiger charge is 2.12. The molecule has 6 bridgehead atoms. The van der Waals surface area contributed by atoms with Crippen LogP contribution in [0.1, 0.15) is 40.7 Å². The van der Waals surface area contributed by atoms with E-state index in [0.29, 0.717) is 18.8 Å². The summed E-state index contributed by atoms with van der Waals surface area (Å²) in [5.41, 5.74) is 4.92. The van der Waals surface area contributed by atoms with E-state index in [0.717, 1.165) is 46.9 Å². The molecule has 0 fully saturated rings. The van der Waals surface area contributed by atoms with Crippen molar-refractivity contribution in [2.45, 2.75) is 32.2 Å². The second-order valence-electron chi connectivity index (χ2n) is 7.75. The number of benzene rings is 3. The van der Waals surface area contributed by atoms with Gasteiger partial charge in [0, 0.05) is 30.2 Å². The number of Topliss-reactive ketones (excluding diaryl/α,β-unsaturated/α-hetero) is 1. The summed E-state index contributed by atoms with van der Waals surface area (Å²) in [4.78, 5) is 13.0. The van der Waals surface area contributed by atoms with E-state index in [4.69, 9.17) is 0 Å². The summed E-state index contributed by atoms with van der Waals surface area (Å²) in [6.45, 7) is 0.673. The first-order valence-electron chi connectivity index (χ1n) is 10.3. The lowest BCUT2D eigenvalue weighted by atomic mass is 9.95. The molecule has 1 aliphatic heterocycles. The van der Waals surface area contributed by atoms with Gasteiger partial charge in [0.2, 0.25) is 0 Å². The van der Waals surface area contributed by atoms with Gasteiger partial charge in [-0.2, -0.15) is 0 Å². The molecule has 2 heterocycles. The molecule has 1 aliphatic rings. The first-order chi connectivity index (χ1) is 14.8. The number of hydrogen-bond acceptors (Lipinski definition) is 5. The third kappa shape index (κ3) is 3.79. The fourth-order valence-electron chi connectivity index (χ4n) is 4.05. The Morgan fingerprint density at radius 3 is 2.63 bits per heavy atom. The zero-order chi connectivity index (χ0) is 20.3. The second-order valence-corrected chi connectivity index (χ2v) is 7.75. The van der Waals surface area contributed by atoms with Crippen molar-refractivity contribution in [1.82, 2.24) is 15.4 Å². The largest absolute Gasteiger partial charge is 0.364 e. The zero-order valence-electron chi connectivity index (χ0n) is 16.6. The van der Waals surface area contributed by atoms with Crippen LogP contribution in [0.5, 0.6) is 0 Å². The average Bonchev–Trinajstić information content (AvgIpc) is 2.79. The summed E-state index contributed by atoms with van der Waals surface area (Å²) in [6, 6.07) is 22.5. The highest BCUT2D eigenvalue weighted by Crippen LogP contribution is 2.27. The van der Waals surface area contributed by atoms with Gasteiger partial charge >= 0.3 is 0 Å². The van der Waals surface area contributed by atoms with Gasteiger partial charge in [0.25, 0.3) is 0 Å². The van der Waals surface area contributed by atoms with Gasteiger partial charge in [-0.05, 0) is 52.4 Å². The van der Waals surface area contributed by atoms with Gasteiger partial charge in [-0.25, -0.2) is 0 Å². The highest BCUT2D eigenvalue weighted by atomic mass is 16.1. The first kappa shape index (κ1) is 18.4. The van der Waals surface area contributed by atoms with Crippen LogP contribution in [0.15, 0.2) is 66.7 Å². The van der Waals surface area contributed by atoms with Crippen LogP contribution in [0.3, 0.4) is 0 Å². The minimum absolute atomic E-state index is 0.194. The molecule has 0 aliphatic carbocycles. The van der Waals surface area contributed by atoms with Crippen molar-refractivity contribution in [3.05, 3.63) is 83.4 Å². The van der Waals surface area contributed by atoms with Crippen molar-refractivity contribution in [2.75, 3.05) is 5.32 Å². The molecule has 30 heavy (non-hydrogen) atoms. The number of anilines is 1. The van der Waals surface area contributed by atoms with Crippen molar-refractivity contribution >= 4 is 22.4 Å². The van der Waals surface area contributed by atoms with Crippen LogP contribution < -0.4 is 5.32 Å². The maximum Gasteiger partial charge on any atom is 0.163 e. The minimum Gasteiger partial charge on any atom is -0.364 e. The van der Waals surface area contributed by atoms with E-state index in [1.54, 1.807) is 0 Å². The summed E-state index contributed by atoms with van der Waals surface area (Å²) in [5.74, 6) is 0.873. The smallest absolute Gasteiger partial charge is 0.163 e. The molecule has 5 heteroatoms. The Labute approximate surface area is 175 Å². The Morgan fingerprint density at radius 2 is 1.67 bits per heavy atom. The monoisotopic (exact) mass is 394 g/mol. The molecule has 3 aromatic carbocycles. The predicted octanol–water partition coefficient (Wildman–Crippen LogP) is 5.21. The number of ketones is 1. The summed E-state index contributed by atoms with van der Waals surface area (Å²) in [7, 11) is 0. The Hall–Kier alpha value is -3.60. The van der Waals surface area contributed by atoms with E-state index < -0.39 is 0 Å². The Bertz CT molecular complexity index is 1230. The molecule has 0 amide bonds. The van der Waals surface area contributed by atoms with Gasteiger partial charge in [-0.3, -0.25) is 4.79 Å². The molecule has 5 rings (SSSR count). The molecule has 148 valence electrons. The lowest BCUT2D eigenvalue weighted by Gasteiger charge is -2.09. The number of nitrogens with one attached hydrogen (secondary N) is 1. The fourth-order valence-corrected chi connectivity index (χ4v) is 4.05. The molecule has 5 nitrogen and oxygen atoms in total. The normalized spacial score (nSPS) is 14.3. The summed E-state index contributed by atoms with van der Waals surface area (Å²) < 4.78 is 0. The Morgan fingerprint density at radius 1 is 0.800 bits per heavy atom. The number of carbonyl (C=O) groups is 1. The van der Waals surface area contributed by atoms with Crippen molar-refractivity contribution in [2.24, 2.45) is 0 Å². The Kier molecular flexibility index (Phi) is 4.93. The standard InChI is InChI=1S/C25H22N4O/c30-24-10-2-1-5-17-6-3-7-18(13-17)16-26-25-15-23(27-29-28-25)20-12-11-19-8-4-9-21(24)22(19)14-20/h3-4,6-9,11-15H,1-2,5,10,16H2,(H,26,27,28). The maximum absolute atomic E-state index is 13.0. The topological polar surface area (TPSA) is 67.8 Å². The van der Waals surface area contributed by atoms with E-state index in [1.165, 1.54) is 11.1 Å². The quantitative estimate of drug-likeness (QED) is 0.443. The van der Waals surface area contributed by atoms with Crippen molar-refractivity contribution in [3.63, 3.8) is 0 Å². The number of nitrogens with zero attached hydrogens (tertiary/aromatic N) is 3. The van der Waals surface area contributed by atoms with Gasteiger partial charge in [-0.1, -0.05) is 54.6 Å². The molecule has 0 atom stereocenters. The van der Waals surface area contributed by atoms with Crippen LogP contribution in [0.25, 0.3) is 22.0 Å². The number of aryl methyl sites for hydroxylation is 1. The minimum atomic E-state index is 0.194. The van der Waals surface area contributed by atoms with Crippen LogP contribution in [-0.2, 0) is 13.0 Å². The van der Waals surface area contributed by atoms with Crippen molar-refractivity contribution < 1.29 is 4.79 Å². The van der Waals surface area contributed by atoms with Crippen molar-refractivity contribution in [1.29, 1.82) is 0 Å². The van der Waals surface area contributed by atoms with Gasteiger partial charge in [0.1, 0.15) is 0 Å². The predicted molar refractivity (Wildman–Crippen MR) is 118 cm³/mol. The number of hydrogen-bond donors (Lipinski definition) is 1. The number of aromatic nitrogens is 3. The summed E-state index contributed by atoms with van der Waals surface area (Å²) in [5, 5.41) is 17.7. The van der Waals surface area contributed by atoms with Gasteiger partial charge in [0.05, 0.1) is 5.69 Å². The van der Waals surface area contributed by atoms with Crippen LogP contribution >= 0.6 is 0 Å². The van der Waals surface area contributed by atoms with E-state index in [-0.39, 0.29) is 5.78 Å². The number of rotatable bonds is 0. The highest BCUT2D eigenvalue weighted by molar-refractivity contribution is 6.08. The number of fused-ring (bicyclic) bond motifs is 6. The Balaban J connectivity index is 1.59. The molecule has 4 aromatic rings. The second kappa shape index (κ2) is 8.03. The molecular formula is C25H22N4O.